The third-order valence-electron chi connectivity index (χ3n) is 0.650. The van der Waals surface area contributed by atoms with Crippen molar-refractivity contribution in [3.8, 4) is 0 Å². The van der Waals surface area contributed by atoms with E-state index in [1.807, 2.05) is 6.92 Å². The van der Waals surface area contributed by atoms with Gasteiger partial charge >= 0.3 is 0 Å². The highest BCUT2D eigenvalue weighted by atomic mass is 16.4. The van der Waals surface area contributed by atoms with Crippen LogP contribution in [0.2, 0.25) is 0 Å². The van der Waals surface area contributed by atoms with Gasteiger partial charge in [0.25, 0.3) is 5.97 Å². The molecule has 0 radical (unpaired) electrons. The molecule has 6 N–H and O–H groups in total. The fraction of sp³-hybridized carbons (Fsp3) is 0.600. The van der Waals surface area contributed by atoms with Crippen LogP contribution in [0.15, 0.2) is 0 Å². The van der Waals surface area contributed by atoms with E-state index in [2.05, 4.69) is 0 Å². The summed E-state index contributed by atoms with van der Waals surface area (Å²) in [7, 11) is 0. The molecule has 0 bridgehead atoms. The highest BCUT2D eigenvalue weighted by Gasteiger charge is 1.90. The summed E-state index contributed by atoms with van der Waals surface area (Å²) in [5.41, 5.74) is 4.93. The van der Waals surface area contributed by atoms with Gasteiger partial charge in [0.2, 0.25) is 5.96 Å². The first-order chi connectivity index (χ1) is 4.91. The SMILES string of the molecule is CC(=O)O.CCN(N)C(=N)N. The molecule has 0 atom stereocenters. The fourth-order valence-corrected chi connectivity index (χ4v) is 0.170. The number of hydrogen-bond acceptors (Lipinski definition) is 3. The molecule has 0 aliphatic heterocycles. The Morgan fingerprint density at radius 2 is 2.00 bits per heavy atom. The Morgan fingerprint density at radius 3 is 2.00 bits per heavy atom. The molecule has 0 rings (SSSR count). The molecule has 6 nitrogen and oxygen atoms in total. The number of hydrogen-bond donors (Lipinski definition) is 4. The quantitative estimate of drug-likeness (QED) is 0.174. The molecule has 0 aromatic carbocycles. The molecule has 66 valence electrons. The second kappa shape index (κ2) is 6.81. The monoisotopic (exact) mass is 162 g/mol. The van der Waals surface area contributed by atoms with E-state index in [4.69, 9.17) is 26.9 Å². The van der Waals surface area contributed by atoms with Crippen LogP contribution in [-0.2, 0) is 4.79 Å². The summed E-state index contributed by atoms with van der Waals surface area (Å²) < 4.78 is 0. The predicted molar refractivity (Wildman–Crippen MR) is 41.8 cm³/mol. The molecule has 0 saturated carbocycles. The Morgan fingerprint density at radius 1 is 1.73 bits per heavy atom. The fourth-order valence-electron chi connectivity index (χ4n) is 0.170. The third-order valence-corrected chi connectivity index (χ3v) is 0.650. The van der Waals surface area contributed by atoms with Crippen molar-refractivity contribution in [2.24, 2.45) is 11.6 Å². The van der Waals surface area contributed by atoms with E-state index in [0.29, 0.717) is 6.54 Å². The second-order valence-electron chi connectivity index (χ2n) is 1.69. The molecular formula is C5H14N4O2. The van der Waals surface area contributed by atoms with Gasteiger partial charge in [0.05, 0.1) is 0 Å². The highest BCUT2D eigenvalue weighted by Crippen LogP contribution is 1.67. The zero-order valence-electron chi connectivity index (χ0n) is 6.66. The lowest BCUT2D eigenvalue weighted by atomic mass is 10.7. The Labute approximate surface area is 65.3 Å². The molecule has 11 heavy (non-hydrogen) atoms. The lowest BCUT2D eigenvalue weighted by molar-refractivity contribution is -0.134. The largest absolute Gasteiger partial charge is 0.481 e. The Bertz CT molecular complexity index is 132. The average molecular weight is 162 g/mol. The van der Waals surface area contributed by atoms with Crippen molar-refractivity contribution in [1.29, 1.82) is 5.41 Å². The van der Waals surface area contributed by atoms with Crippen LogP contribution in [0, 0.1) is 5.41 Å². The number of carbonyl (C=O) groups is 1. The molecule has 6 heteroatoms. The van der Waals surface area contributed by atoms with E-state index in [1.54, 1.807) is 0 Å². The van der Waals surface area contributed by atoms with E-state index in [-0.39, 0.29) is 5.96 Å². The summed E-state index contributed by atoms with van der Waals surface area (Å²) in [6.07, 6.45) is 0. The first-order valence-electron chi connectivity index (χ1n) is 2.97. The van der Waals surface area contributed by atoms with Gasteiger partial charge in [-0.25, -0.2) is 5.84 Å². The van der Waals surface area contributed by atoms with Crippen LogP contribution < -0.4 is 11.6 Å². The van der Waals surface area contributed by atoms with Gasteiger partial charge in [0.15, 0.2) is 0 Å². The molecule has 0 aliphatic carbocycles. The maximum absolute atomic E-state index is 9.00. The minimum absolute atomic E-state index is 0.0949. The van der Waals surface area contributed by atoms with Crippen LogP contribution in [0.4, 0.5) is 0 Å². The van der Waals surface area contributed by atoms with Gasteiger partial charge in [-0.15, -0.1) is 0 Å². The van der Waals surface area contributed by atoms with Gasteiger partial charge in [0.1, 0.15) is 0 Å². The number of nitrogens with zero attached hydrogens (tertiary/aromatic N) is 1. The zero-order chi connectivity index (χ0) is 9.44. The number of hydrazine groups is 1. The van der Waals surface area contributed by atoms with Gasteiger partial charge in [-0.1, -0.05) is 0 Å². The summed E-state index contributed by atoms with van der Waals surface area (Å²) in [4.78, 5) is 9.00. The maximum atomic E-state index is 9.00. The second-order valence-corrected chi connectivity index (χ2v) is 1.69. The summed E-state index contributed by atoms with van der Waals surface area (Å²) >= 11 is 0. The van der Waals surface area contributed by atoms with Gasteiger partial charge in [-0.05, 0) is 6.92 Å². The van der Waals surface area contributed by atoms with Crippen LogP contribution >= 0.6 is 0 Å². The zero-order valence-corrected chi connectivity index (χ0v) is 6.66. The first-order valence-corrected chi connectivity index (χ1v) is 2.97. The normalized spacial score (nSPS) is 7.55. The van der Waals surface area contributed by atoms with Crippen LogP contribution in [-0.4, -0.2) is 28.6 Å². The van der Waals surface area contributed by atoms with Gasteiger partial charge in [-0.2, -0.15) is 0 Å². The molecule has 0 spiro atoms. The molecule has 0 unspecified atom stereocenters. The molecule has 0 aromatic rings. The van der Waals surface area contributed by atoms with Gasteiger partial charge in [-0.3, -0.25) is 15.2 Å². The van der Waals surface area contributed by atoms with Crippen molar-refractivity contribution in [2.45, 2.75) is 13.8 Å². The van der Waals surface area contributed by atoms with Crippen molar-refractivity contribution in [3.05, 3.63) is 0 Å². The number of nitrogens with one attached hydrogen (secondary N) is 1. The smallest absolute Gasteiger partial charge is 0.300 e. The number of rotatable bonds is 1. The Hall–Kier alpha value is -1.30. The van der Waals surface area contributed by atoms with Crippen LogP contribution in [0.1, 0.15) is 13.8 Å². The highest BCUT2D eigenvalue weighted by molar-refractivity contribution is 5.73. The lowest BCUT2D eigenvalue weighted by Gasteiger charge is -2.11. The summed E-state index contributed by atoms with van der Waals surface area (Å²) in [5.74, 6) is 4.17. The molecule has 0 aromatic heterocycles. The third kappa shape index (κ3) is 17.7. The van der Waals surface area contributed by atoms with Crippen molar-refractivity contribution in [1.82, 2.24) is 5.01 Å². The van der Waals surface area contributed by atoms with Crippen molar-refractivity contribution in [2.75, 3.05) is 6.54 Å². The average Bonchev–Trinajstić information content (AvgIpc) is 1.85. The summed E-state index contributed by atoms with van der Waals surface area (Å²) in [6.45, 7) is 3.48. The molecule has 0 heterocycles. The molecule has 0 aliphatic rings. The van der Waals surface area contributed by atoms with E-state index in [9.17, 15) is 0 Å². The summed E-state index contributed by atoms with van der Waals surface area (Å²) in [5, 5.41) is 15.2. The minimum atomic E-state index is -0.833. The topological polar surface area (TPSA) is 116 Å². The number of aliphatic carboxylic acids is 1. The van der Waals surface area contributed by atoms with E-state index in [0.717, 1.165) is 11.9 Å². The van der Waals surface area contributed by atoms with Crippen LogP contribution in [0.25, 0.3) is 0 Å². The van der Waals surface area contributed by atoms with Crippen molar-refractivity contribution >= 4 is 11.9 Å². The van der Waals surface area contributed by atoms with Gasteiger partial charge < -0.3 is 10.8 Å². The molecule has 0 amide bonds. The van der Waals surface area contributed by atoms with Crippen LogP contribution in [0.3, 0.4) is 0 Å². The van der Waals surface area contributed by atoms with E-state index >= 15 is 0 Å². The lowest BCUT2D eigenvalue weighted by Crippen LogP contribution is -2.41. The first kappa shape index (κ1) is 12.4. The Balaban J connectivity index is 0. The standard InChI is InChI=1S/C3H10N4.C2H4O2/c1-2-7(6)3(4)5;1-2(3)4/h2,6H2,1H3,(H3,4,5);1H3,(H,3,4). The van der Waals surface area contributed by atoms with Crippen LogP contribution in [0.5, 0.6) is 0 Å². The van der Waals surface area contributed by atoms with Crippen molar-refractivity contribution in [3.63, 3.8) is 0 Å². The molecule has 0 fully saturated rings. The summed E-state index contributed by atoms with van der Waals surface area (Å²) in [6, 6.07) is 0. The predicted octanol–water partition coefficient (Wildman–Crippen LogP) is -0.834. The van der Waals surface area contributed by atoms with Gasteiger partial charge in [0, 0.05) is 13.5 Å². The van der Waals surface area contributed by atoms with Crippen molar-refractivity contribution < 1.29 is 9.90 Å². The maximum Gasteiger partial charge on any atom is 0.300 e. The number of guanidine groups is 1. The number of carboxylic acids is 1. The minimum Gasteiger partial charge on any atom is -0.481 e. The van der Waals surface area contributed by atoms with E-state index in [1.165, 1.54) is 0 Å². The number of carboxylic acid groups (broad SMARTS) is 1. The Kier molecular flexibility index (Phi) is 7.67. The molecular weight excluding hydrogens is 148 g/mol. The van der Waals surface area contributed by atoms with E-state index < -0.39 is 5.97 Å². The number of nitrogens with two attached hydrogens (primary N) is 2. The molecule has 0 saturated heterocycles.